The number of nitrogens with one attached hydrogen (secondary N) is 1. The van der Waals surface area contributed by atoms with Crippen molar-refractivity contribution < 1.29 is 22.1 Å². The topological polar surface area (TPSA) is 117 Å². The second kappa shape index (κ2) is 10.1. The van der Waals surface area contributed by atoms with Gasteiger partial charge in [-0.3, -0.25) is 13.8 Å². The van der Waals surface area contributed by atoms with Crippen molar-refractivity contribution in [3.63, 3.8) is 0 Å². The van der Waals surface area contributed by atoms with Gasteiger partial charge in [0.25, 0.3) is 10.1 Å². The number of anilines is 2. The van der Waals surface area contributed by atoms with Gasteiger partial charge in [0.15, 0.2) is 0 Å². The second-order valence-electron chi connectivity index (χ2n) is 7.56. The largest absolute Gasteiger partial charge is 0.497 e. The Kier molecular flexibility index (Phi) is 6.94. The number of methoxy groups -OCH3 is 2. The lowest BCUT2D eigenvalue weighted by atomic mass is 10.2. The normalized spacial score (nSPS) is 11.5. The third kappa shape index (κ3) is 6.00. The Labute approximate surface area is 197 Å². The van der Waals surface area contributed by atoms with Gasteiger partial charge in [0.2, 0.25) is 0 Å². The van der Waals surface area contributed by atoms with E-state index in [4.69, 9.17) is 18.6 Å². The molecule has 0 atom stereocenters. The van der Waals surface area contributed by atoms with Gasteiger partial charge in [-0.15, -0.1) is 0 Å². The highest BCUT2D eigenvalue weighted by Crippen LogP contribution is 2.29. The van der Waals surface area contributed by atoms with Crippen LogP contribution in [0.4, 0.5) is 11.4 Å². The Morgan fingerprint density at radius 2 is 1.74 bits per heavy atom. The van der Waals surface area contributed by atoms with Gasteiger partial charge in [-0.05, 0) is 24.6 Å². The highest BCUT2D eigenvalue weighted by atomic mass is 32.2. The Bertz CT molecular complexity index is 1380. The lowest BCUT2D eigenvalue weighted by Crippen LogP contribution is -2.07. The molecule has 34 heavy (non-hydrogen) atoms. The van der Waals surface area contributed by atoms with E-state index < -0.39 is 10.1 Å². The molecule has 0 aliphatic heterocycles. The van der Waals surface area contributed by atoms with Crippen LogP contribution in [0.15, 0.2) is 55.0 Å². The van der Waals surface area contributed by atoms with E-state index in [1.807, 2.05) is 42.6 Å². The Morgan fingerprint density at radius 3 is 2.44 bits per heavy atom. The van der Waals surface area contributed by atoms with E-state index in [0.717, 1.165) is 34.2 Å². The number of hydrogen-bond donors (Lipinski definition) is 1. The molecular weight excluding hydrogens is 458 g/mol. The van der Waals surface area contributed by atoms with Crippen LogP contribution < -0.4 is 14.8 Å². The summed E-state index contributed by atoms with van der Waals surface area (Å²) in [6.07, 6.45) is 6.81. The van der Waals surface area contributed by atoms with Crippen LogP contribution in [0.5, 0.6) is 11.5 Å². The Balaban J connectivity index is 1.50. The zero-order valence-electron chi connectivity index (χ0n) is 19.1. The molecule has 11 heteroatoms. The Morgan fingerprint density at radius 1 is 0.971 bits per heavy atom. The highest BCUT2D eigenvalue weighted by Gasteiger charge is 2.08. The van der Waals surface area contributed by atoms with Crippen LogP contribution in [0.3, 0.4) is 0 Å². The van der Waals surface area contributed by atoms with Gasteiger partial charge >= 0.3 is 0 Å². The van der Waals surface area contributed by atoms with Crippen molar-refractivity contribution in [3.05, 3.63) is 55.0 Å². The molecule has 0 aliphatic rings. The summed E-state index contributed by atoms with van der Waals surface area (Å²) in [7, 11) is -0.217. The summed E-state index contributed by atoms with van der Waals surface area (Å²) in [5, 5.41) is 7.67. The third-order valence-electron chi connectivity index (χ3n) is 4.94. The van der Waals surface area contributed by atoms with Crippen LogP contribution in [0.1, 0.15) is 6.42 Å². The highest BCUT2D eigenvalue weighted by molar-refractivity contribution is 7.85. The fourth-order valence-electron chi connectivity index (χ4n) is 3.33. The van der Waals surface area contributed by atoms with Crippen molar-refractivity contribution in [2.75, 3.05) is 32.4 Å². The van der Waals surface area contributed by atoms with Gasteiger partial charge in [0, 0.05) is 47.9 Å². The maximum atomic E-state index is 11.0. The zero-order valence-corrected chi connectivity index (χ0v) is 19.9. The number of aromatic nitrogens is 4. The van der Waals surface area contributed by atoms with E-state index >= 15 is 0 Å². The molecule has 2 aromatic heterocycles. The van der Waals surface area contributed by atoms with Crippen LogP contribution in [0.2, 0.25) is 0 Å². The van der Waals surface area contributed by atoms with E-state index in [2.05, 4.69) is 15.4 Å². The molecule has 0 fully saturated rings. The van der Waals surface area contributed by atoms with Crippen molar-refractivity contribution in [1.29, 1.82) is 0 Å². The van der Waals surface area contributed by atoms with Crippen LogP contribution in [0.25, 0.3) is 22.3 Å². The number of fused-ring (bicyclic) bond motifs is 1. The first kappa shape index (κ1) is 23.5. The lowest BCUT2D eigenvalue weighted by molar-refractivity contribution is 0.304. The molecule has 2 heterocycles. The monoisotopic (exact) mass is 483 g/mol. The number of ether oxygens (including phenoxy) is 2. The van der Waals surface area contributed by atoms with Crippen LogP contribution in [0, 0.1) is 0 Å². The molecular formula is C23H25N5O5S. The van der Waals surface area contributed by atoms with E-state index in [-0.39, 0.29) is 6.61 Å². The first-order valence-corrected chi connectivity index (χ1v) is 12.3. The average Bonchev–Trinajstić information content (AvgIpc) is 3.29. The second-order valence-corrected chi connectivity index (χ2v) is 9.20. The van der Waals surface area contributed by atoms with Crippen LogP contribution >= 0.6 is 0 Å². The molecule has 0 radical (unpaired) electrons. The van der Waals surface area contributed by atoms with Gasteiger partial charge in [0.1, 0.15) is 11.5 Å². The molecule has 0 spiro atoms. The maximum Gasteiger partial charge on any atom is 0.264 e. The standard InChI is InChI=1S/C23H25N5O5S/c1-31-19-9-18(10-20(12-19)32-2)26-17-5-6-21-22(11-17)27-23(14-24-21)16-13-25-28(15-16)7-4-8-33-34(3,29)30/h5-6,9-15,26H,4,7-8H2,1-3H3. The summed E-state index contributed by atoms with van der Waals surface area (Å²) in [6.45, 7) is 0.632. The Hall–Kier alpha value is -3.70. The zero-order chi connectivity index (χ0) is 24.1. The molecule has 0 bridgehead atoms. The van der Waals surface area contributed by atoms with Gasteiger partial charge < -0.3 is 14.8 Å². The number of rotatable bonds is 10. The molecule has 10 nitrogen and oxygen atoms in total. The summed E-state index contributed by atoms with van der Waals surface area (Å²) >= 11 is 0. The van der Waals surface area contributed by atoms with E-state index in [1.165, 1.54) is 0 Å². The number of hydrogen-bond acceptors (Lipinski definition) is 9. The maximum absolute atomic E-state index is 11.0. The number of nitrogens with zero attached hydrogens (tertiary/aromatic N) is 4. The van der Waals surface area contributed by atoms with E-state index in [1.54, 1.807) is 31.3 Å². The summed E-state index contributed by atoms with van der Waals surface area (Å²) in [5.41, 5.74) is 4.66. The minimum Gasteiger partial charge on any atom is -0.497 e. The minimum absolute atomic E-state index is 0.110. The van der Waals surface area contributed by atoms with Crippen molar-refractivity contribution in [3.8, 4) is 22.8 Å². The fraction of sp³-hybridized carbons (Fsp3) is 0.261. The molecule has 4 aromatic rings. The predicted molar refractivity (Wildman–Crippen MR) is 129 cm³/mol. The molecule has 2 aromatic carbocycles. The number of benzene rings is 2. The summed E-state index contributed by atoms with van der Waals surface area (Å²) in [4.78, 5) is 9.27. The average molecular weight is 484 g/mol. The van der Waals surface area contributed by atoms with Crippen LogP contribution in [-0.2, 0) is 20.8 Å². The molecule has 0 unspecified atom stereocenters. The van der Waals surface area contributed by atoms with Crippen molar-refractivity contribution in [2.24, 2.45) is 0 Å². The first-order chi connectivity index (χ1) is 16.3. The van der Waals surface area contributed by atoms with Crippen molar-refractivity contribution in [1.82, 2.24) is 19.7 Å². The molecule has 1 N–H and O–H groups in total. The fourth-order valence-corrected chi connectivity index (χ4v) is 3.75. The van der Waals surface area contributed by atoms with Gasteiger partial charge in [-0.1, -0.05) is 0 Å². The first-order valence-electron chi connectivity index (χ1n) is 10.5. The molecule has 0 saturated carbocycles. The SMILES string of the molecule is COc1cc(Nc2ccc3ncc(-c4cnn(CCCOS(C)(=O)=O)c4)nc3c2)cc(OC)c1. The predicted octanol–water partition coefficient (Wildman–Crippen LogP) is 3.62. The minimum atomic E-state index is -3.43. The lowest BCUT2D eigenvalue weighted by Gasteiger charge is -2.11. The molecule has 0 amide bonds. The van der Waals surface area contributed by atoms with Gasteiger partial charge in [-0.25, -0.2) is 4.98 Å². The van der Waals surface area contributed by atoms with Gasteiger partial charge in [-0.2, -0.15) is 13.5 Å². The van der Waals surface area contributed by atoms with Crippen molar-refractivity contribution in [2.45, 2.75) is 13.0 Å². The summed E-state index contributed by atoms with van der Waals surface area (Å²) < 4.78 is 39.2. The third-order valence-corrected chi connectivity index (χ3v) is 5.54. The number of aryl methyl sites for hydroxylation is 1. The molecule has 178 valence electrons. The van der Waals surface area contributed by atoms with Crippen molar-refractivity contribution >= 4 is 32.5 Å². The summed E-state index contributed by atoms with van der Waals surface area (Å²) in [6, 6.07) is 11.3. The van der Waals surface area contributed by atoms with E-state index in [0.29, 0.717) is 30.2 Å². The quantitative estimate of drug-likeness (QED) is 0.266. The van der Waals surface area contributed by atoms with Gasteiger partial charge in [0.05, 0.1) is 56.2 Å². The van der Waals surface area contributed by atoms with E-state index in [9.17, 15) is 8.42 Å². The van der Waals surface area contributed by atoms with Crippen LogP contribution in [-0.4, -0.2) is 55.2 Å². The molecule has 4 rings (SSSR count). The molecule has 0 aliphatic carbocycles. The summed E-state index contributed by atoms with van der Waals surface area (Å²) in [5.74, 6) is 1.37. The smallest absolute Gasteiger partial charge is 0.264 e. The molecule has 0 saturated heterocycles.